The average Bonchev–Trinajstić information content (AvgIpc) is 2.99. The summed E-state index contributed by atoms with van der Waals surface area (Å²) < 4.78 is 143. The molecule has 0 saturated heterocycles. The van der Waals surface area contributed by atoms with Crippen molar-refractivity contribution in [3.8, 4) is 0 Å². The number of ether oxygens (including phenoxy) is 4. The zero-order valence-electron chi connectivity index (χ0n) is 29.5. The Labute approximate surface area is 315 Å². The molecule has 53 heavy (non-hydrogen) atoms. The Hall–Kier alpha value is -2.73. The molecular weight excluding hydrogens is 912 g/mol. The van der Waals surface area contributed by atoms with E-state index < -0.39 is 159 Å². The molecule has 0 aliphatic rings. The maximum atomic E-state index is 13.1. The molecule has 0 aromatic heterocycles. The Balaban J connectivity index is 6.74. The van der Waals surface area contributed by atoms with Gasteiger partial charge in [-0.2, -0.15) is 0 Å². The first-order chi connectivity index (χ1) is 24.1. The van der Waals surface area contributed by atoms with Crippen LogP contribution >= 0.6 is 0 Å². The average molecular weight is 957 g/mol. The Kier molecular flexibility index (Phi) is 21.4. The van der Waals surface area contributed by atoms with Crippen molar-refractivity contribution >= 4 is 84.2 Å². The number of hydrogen-bond acceptors (Lipinski definition) is 20. The van der Waals surface area contributed by atoms with Gasteiger partial charge in [0.1, 0.15) is 0 Å². The molecule has 0 fully saturated rings. The third-order valence-corrected chi connectivity index (χ3v) is 22.7. The minimum atomic E-state index is -7.35. The van der Waals surface area contributed by atoms with Gasteiger partial charge < -0.3 is 0 Å². The first-order valence-corrected chi connectivity index (χ1v) is 25.1. The maximum absolute atomic E-state index is 13.1. The zero-order valence-corrected chi connectivity index (χ0v) is 35.1. The summed E-state index contributed by atoms with van der Waals surface area (Å²) in [6, 6.07) is 0. The van der Waals surface area contributed by atoms with Gasteiger partial charge in [-0.25, -0.2) is 0 Å². The van der Waals surface area contributed by atoms with Crippen molar-refractivity contribution in [2.45, 2.75) is 53.4 Å². The van der Waals surface area contributed by atoms with Crippen LogP contribution in [0.4, 0.5) is 0 Å². The SMILES string of the molecule is C=C(C)C(=O)OCCCS(=O)(=O)O[Te](OS(=O)(=O)CCCOC(=O)C(=C)C)(OS(=O)(=O)CCCOC(=O)C(=C)C)OS(=O)(=O)CCCOC(=O)C(=C)C. The van der Waals surface area contributed by atoms with Gasteiger partial charge in [-0.15, -0.1) is 0 Å². The van der Waals surface area contributed by atoms with E-state index in [0.717, 1.165) is 0 Å². The van der Waals surface area contributed by atoms with Crippen molar-refractivity contribution in [3.05, 3.63) is 48.6 Å². The van der Waals surface area contributed by atoms with Crippen LogP contribution < -0.4 is 0 Å². The van der Waals surface area contributed by atoms with Crippen LogP contribution in [0.25, 0.3) is 0 Å². The van der Waals surface area contributed by atoms with Gasteiger partial charge in [0, 0.05) is 0 Å². The van der Waals surface area contributed by atoms with E-state index in [1.165, 1.54) is 27.7 Å². The van der Waals surface area contributed by atoms with E-state index in [9.17, 15) is 52.8 Å². The Morgan fingerprint density at radius 1 is 0.396 bits per heavy atom. The van der Waals surface area contributed by atoms with Crippen molar-refractivity contribution < 1.29 is 82.0 Å². The molecular formula is C28H44O20S4Te. The van der Waals surface area contributed by atoms with Gasteiger partial charge >= 0.3 is 318 Å². The second kappa shape index (κ2) is 22.6. The molecule has 20 nitrogen and oxygen atoms in total. The van der Waals surface area contributed by atoms with Gasteiger partial charge in [0.25, 0.3) is 0 Å². The summed E-state index contributed by atoms with van der Waals surface area (Å²) in [6.07, 6.45) is -2.21. The van der Waals surface area contributed by atoms with Gasteiger partial charge in [0.05, 0.1) is 0 Å². The predicted molar refractivity (Wildman–Crippen MR) is 187 cm³/mol. The fraction of sp³-hybridized carbons (Fsp3) is 0.571. The van der Waals surface area contributed by atoms with Crippen LogP contribution in [0.15, 0.2) is 48.6 Å². The monoisotopic (exact) mass is 958 g/mol. The van der Waals surface area contributed by atoms with Gasteiger partial charge in [-0.1, -0.05) is 0 Å². The van der Waals surface area contributed by atoms with Crippen LogP contribution in [-0.2, 0) is 88.8 Å². The number of hydrogen-bond donors (Lipinski definition) is 0. The van der Waals surface area contributed by atoms with E-state index in [-0.39, 0.29) is 22.3 Å². The van der Waals surface area contributed by atoms with Crippen molar-refractivity contribution in [1.29, 1.82) is 0 Å². The van der Waals surface area contributed by atoms with Crippen LogP contribution in [0.2, 0.25) is 0 Å². The topological polar surface area (TPSA) is 279 Å². The van der Waals surface area contributed by atoms with E-state index in [1.807, 2.05) is 0 Å². The second-order valence-electron chi connectivity index (χ2n) is 10.8. The molecule has 0 N–H and O–H groups in total. The summed E-state index contributed by atoms with van der Waals surface area (Å²) in [5, 5.41) is 0. The van der Waals surface area contributed by atoms with E-state index in [4.69, 9.17) is 29.1 Å². The first kappa shape index (κ1) is 50.3. The van der Waals surface area contributed by atoms with Crippen molar-refractivity contribution in [1.82, 2.24) is 0 Å². The van der Waals surface area contributed by atoms with E-state index in [0.29, 0.717) is 0 Å². The zero-order chi connectivity index (χ0) is 41.3. The fourth-order valence-corrected chi connectivity index (χ4v) is 21.0. The summed E-state index contributed by atoms with van der Waals surface area (Å²) >= 11 is -7.35. The standard InChI is InChI=1S/C28H44O20S4Te/c1-21(2)25(29)41-13-9-17-49(33,34)45-53(46-50(35,36)18-10-14-42-26(30)22(3)4,47-51(37,38)19-11-15-43-27(31)23(5)6)48-52(39,40)20-12-16-44-28(32)24(7)8/h1,3,5,7,9-20H2,2,4,6,8H3. The normalized spacial score (nSPS) is 12.6. The van der Waals surface area contributed by atoms with Crippen LogP contribution in [0.5, 0.6) is 0 Å². The molecule has 0 heterocycles. The van der Waals surface area contributed by atoms with E-state index >= 15 is 0 Å². The molecule has 0 aromatic rings. The van der Waals surface area contributed by atoms with E-state index in [1.54, 1.807) is 0 Å². The van der Waals surface area contributed by atoms with Crippen molar-refractivity contribution in [3.63, 3.8) is 0 Å². The molecule has 0 saturated carbocycles. The predicted octanol–water partition coefficient (Wildman–Crippen LogP) is 0.845. The van der Waals surface area contributed by atoms with Gasteiger partial charge in [-0.05, 0) is 0 Å². The molecule has 0 rings (SSSR count). The third kappa shape index (κ3) is 22.9. The summed E-state index contributed by atoms with van der Waals surface area (Å²) in [5.41, 5.74) is -0.140. The molecule has 0 amide bonds. The van der Waals surface area contributed by atoms with Crippen molar-refractivity contribution in [2.75, 3.05) is 49.4 Å². The molecule has 0 unspecified atom stereocenters. The first-order valence-electron chi connectivity index (χ1n) is 15.0. The molecule has 0 aliphatic carbocycles. The van der Waals surface area contributed by atoms with Crippen LogP contribution in [-0.4, -0.2) is 127 Å². The molecule has 306 valence electrons. The number of esters is 4. The minimum absolute atomic E-state index is 0.0349. The van der Waals surface area contributed by atoms with Crippen LogP contribution in [0.1, 0.15) is 53.4 Å². The van der Waals surface area contributed by atoms with Crippen LogP contribution in [0.3, 0.4) is 0 Å². The summed E-state index contributed by atoms with van der Waals surface area (Å²) in [4.78, 5) is 46.6. The Bertz CT molecular complexity index is 1560. The van der Waals surface area contributed by atoms with Crippen LogP contribution in [0, 0.1) is 0 Å². The van der Waals surface area contributed by atoms with Gasteiger partial charge in [0.2, 0.25) is 0 Å². The number of carbonyl (C=O) groups excluding carboxylic acids is 4. The van der Waals surface area contributed by atoms with E-state index in [2.05, 4.69) is 26.3 Å². The molecule has 0 bridgehead atoms. The molecule has 25 heteroatoms. The van der Waals surface area contributed by atoms with Gasteiger partial charge in [0.15, 0.2) is 0 Å². The Morgan fingerprint density at radius 2 is 0.566 bits per heavy atom. The van der Waals surface area contributed by atoms with Crippen molar-refractivity contribution in [2.24, 2.45) is 0 Å². The molecule has 0 radical (unpaired) electrons. The molecule has 0 spiro atoms. The molecule has 0 atom stereocenters. The summed E-state index contributed by atoms with van der Waals surface area (Å²) in [7, 11) is -21.0. The second-order valence-corrected chi connectivity index (χ2v) is 24.4. The summed E-state index contributed by atoms with van der Waals surface area (Å²) in [6.45, 7) is 16.3. The number of rotatable bonds is 28. The molecule has 0 aliphatic heterocycles. The molecule has 0 aromatic carbocycles. The van der Waals surface area contributed by atoms with Gasteiger partial charge in [-0.3, -0.25) is 0 Å². The Morgan fingerprint density at radius 3 is 0.717 bits per heavy atom. The summed E-state index contributed by atoms with van der Waals surface area (Å²) in [5.74, 6) is -8.18. The number of carbonyl (C=O) groups is 4. The third-order valence-electron chi connectivity index (χ3n) is 5.23. The quantitative estimate of drug-likeness (QED) is 0.0345. The fourth-order valence-electron chi connectivity index (χ4n) is 2.81.